The van der Waals surface area contributed by atoms with Gasteiger partial charge in [0.1, 0.15) is 0 Å². The lowest BCUT2D eigenvalue weighted by Gasteiger charge is -2.26. The maximum atomic E-state index is 3.55. The zero-order chi connectivity index (χ0) is 9.26. The molecule has 0 heterocycles. The molecule has 0 aromatic rings. The smallest absolute Gasteiger partial charge is 0.00975 e. The number of hydrogen-bond donors (Lipinski definition) is 1. The Morgan fingerprint density at radius 1 is 1.23 bits per heavy atom. The molecule has 76 valence electrons. The predicted octanol–water partition coefficient (Wildman–Crippen LogP) is 2.81. The molecule has 0 amide bonds. The van der Waals surface area contributed by atoms with E-state index in [0.717, 1.165) is 23.8 Å². The van der Waals surface area contributed by atoms with Crippen LogP contribution in [0.5, 0.6) is 0 Å². The Bertz CT molecular complexity index is 163. The summed E-state index contributed by atoms with van der Waals surface area (Å²) in [6, 6.07) is 0.824. The van der Waals surface area contributed by atoms with Gasteiger partial charge < -0.3 is 5.32 Å². The van der Waals surface area contributed by atoms with Crippen molar-refractivity contribution in [2.75, 3.05) is 7.05 Å². The minimum atomic E-state index is 0.824. The van der Waals surface area contributed by atoms with Crippen LogP contribution in [0.2, 0.25) is 0 Å². The maximum absolute atomic E-state index is 3.55. The van der Waals surface area contributed by atoms with E-state index in [9.17, 15) is 0 Å². The summed E-state index contributed by atoms with van der Waals surface area (Å²) in [4.78, 5) is 0. The lowest BCUT2D eigenvalue weighted by Crippen LogP contribution is -2.35. The number of rotatable bonds is 4. The van der Waals surface area contributed by atoms with Gasteiger partial charge in [-0.05, 0) is 37.6 Å². The lowest BCUT2D eigenvalue weighted by molar-refractivity contribution is 0.287. The fourth-order valence-corrected chi connectivity index (χ4v) is 2.99. The van der Waals surface area contributed by atoms with Crippen LogP contribution in [0.15, 0.2) is 0 Å². The molecule has 0 bridgehead atoms. The van der Waals surface area contributed by atoms with Gasteiger partial charge in [0, 0.05) is 6.04 Å². The van der Waals surface area contributed by atoms with Crippen LogP contribution in [0.25, 0.3) is 0 Å². The summed E-state index contributed by atoms with van der Waals surface area (Å²) < 4.78 is 0. The zero-order valence-corrected chi connectivity index (χ0v) is 9.05. The van der Waals surface area contributed by atoms with Gasteiger partial charge in [-0.1, -0.05) is 32.6 Å². The van der Waals surface area contributed by atoms with Crippen molar-refractivity contribution < 1.29 is 0 Å². The van der Waals surface area contributed by atoms with Crippen molar-refractivity contribution in [2.24, 2.45) is 17.8 Å². The highest BCUT2D eigenvalue weighted by Gasteiger charge is 2.33. The van der Waals surface area contributed by atoms with Crippen LogP contribution >= 0.6 is 0 Å². The Morgan fingerprint density at radius 2 is 2.00 bits per heavy atom. The molecule has 0 saturated heterocycles. The second kappa shape index (κ2) is 4.00. The van der Waals surface area contributed by atoms with Gasteiger partial charge >= 0.3 is 0 Å². The number of hydrogen-bond acceptors (Lipinski definition) is 1. The molecule has 1 N–H and O–H groups in total. The van der Waals surface area contributed by atoms with E-state index in [4.69, 9.17) is 0 Å². The standard InChI is InChI=1S/C12H23N/c1-9-4-3-5-11(9)12(13-2)8-10-6-7-10/h9-13H,3-8H2,1-2H3. The molecule has 2 aliphatic carbocycles. The highest BCUT2D eigenvalue weighted by Crippen LogP contribution is 2.40. The van der Waals surface area contributed by atoms with Crippen LogP contribution in [-0.2, 0) is 0 Å². The van der Waals surface area contributed by atoms with E-state index in [2.05, 4.69) is 19.3 Å². The van der Waals surface area contributed by atoms with Crippen LogP contribution in [0.3, 0.4) is 0 Å². The summed E-state index contributed by atoms with van der Waals surface area (Å²) >= 11 is 0. The van der Waals surface area contributed by atoms with Gasteiger partial charge in [-0.2, -0.15) is 0 Å². The van der Waals surface area contributed by atoms with Crippen molar-refractivity contribution >= 4 is 0 Å². The van der Waals surface area contributed by atoms with Gasteiger partial charge in [0.25, 0.3) is 0 Å². The van der Waals surface area contributed by atoms with Gasteiger partial charge in [-0.15, -0.1) is 0 Å². The fraction of sp³-hybridized carbons (Fsp3) is 1.00. The summed E-state index contributed by atoms with van der Waals surface area (Å²) in [6.07, 6.45) is 8.85. The van der Waals surface area contributed by atoms with Crippen molar-refractivity contribution in [3.63, 3.8) is 0 Å². The summed E-state index contributed by atoms with van der Waals surface area (Å²) in [5.41, 5.74) is 0. The molecule has 0 spiro atoms. The van der Waals surface area contributed by atoms with Crippen LogP contribution in [0.4, 0.5) is 0 Å². The first-order chi connectivity index (χ1) is 6.31. The van der Waals surface area contributed by atoms with Gasteiger partial charge in [-0.3, -0.25) is 0 Å². The molecule has 1 nitrogen and oxygen atoms in total. The average molecular weight is 181 g/mol. The molecular formula is C12H23N. The number of nitrogens with one attached hydrogen (secondary N) is 1. The van der Waals surface area contributed by atoms with Crippen LogP contribution in [-0.4, -0.2) is 13.1 Å². The topological polar surface area (TPSA) is 12.0 Å². The summed E-state index contributed by atoms with van der Waals surface area (Å²) in [6.45, 7) is 2.44. The highest BCUT2D eigenvalue weighted by molar-refractivity contribution is 4.88. The molecule has 0 aliphatic heterocycles. The average Bonchev–Trinajstić information content (AvgIpc) is 2.85. The molecule has 3 unspecified atom stereocenters. The van der Waals surface area contributed by atoms with Crippen LogP contribution < -0.4 is 5.32 Å². The molecule has 0 aromatic carbocycles. The Labute approximate surface area is 82.3 Å². The minimum absolute atomic E-state index is 0.824. The van der Waals surface area contributed by atoms with Gasteiger partial charge in [0.2, 0.25) is 0 Å². The Balaban J connectivity index is 1.85. The summed E-state index contributed by atoms with van der Waals surface area (Å²) in [7, 11) is 2.15. The van der Waals surface area contributed by atoms with Gasteiger partial charge in [0.15, 0.2) is 0 Å². The molecule has 13 heavy (non-hydrogen) atoms. The second-order valence-corrected chi connectivity index (χ2v) is 5.15. The summed E-state index contributed by atoms with van der Waals surface area (Å²) in [5.74, 6) is 3.02. The first-order valence-electron chi connectivity index (χ1n) is 5.98. The molecule has 3 atom stereocenters. The lowest BCUT2D eigenvalue weighted by atomic mass is 9.87. The van der Waals surface area contributed by atoms with E-state index in [1.807, 2.05) is 0 Å². The monoisotopic (exact) mass is 181 g/mol. The normalized spacial score (nSPS) is 36.5. The van der Waals surface area contributed by atoms with Crippen molar-refractivity contribution in [1.29, 1.82) is 0 Å². The van der Waals surface area contributed by atoms with Gasteiger partial charge in [-0.25, -0.2) is 0 Å². The second-order valence-electron chi connectivity index (χ2n) is 5.15. The van der Waals surface area contributed by atoms with Crippen molar-refractivity contribution in [1.82, 2.24) is 5.32 Å². The van der Waals surface area contributed by atoms with E-state index >= 15 is 0 Å². The third-order valence-corrected chi connectivity index (χ3v) is 4.10. The largest absolute Gasteiger partial charge is 0.317 e. The summed E-state index contributed by atoms with van der Waals surface area (Å²) in [5, 5.41) is 3.55. The molecule has 2 fully saturated rings. The quantitative estimate of drug-likeness (QED) is 0.703. The molecule has 0 aromatic heterocycles. The van der Waals surface area contributed by atoms with Gasteiger partial charge in [0.05, 0.1) is 0 Å². The Morgan fingerprint density at radius 3 is 2.46 bits per heavy atom. The first kappa shape index (κ1) is 9.51. The maximum Gasteiger partial charge on any atom is 0.00975 e. The van der Waals surface area contributed by atoms with Crippen molar-refractivity contribution in [2.45, 2.75) is 51.5 Å². The fourth-order valence-electron chi connectivity index (χ4n) is 2.99. The first-order valence-corrected chi connectivity index (χ1v) is 5.98. The molecule has 0 radical (unpaired) electrons. The highest BCUT2D eigenvalue weighted by atomic mass is 14.9. The van der Waals surface area contributed by atoms with E-state index in [-0.39, 0.29) is 0 Å². The molecule has 1 heteroatoms. The zero-order valence-electron chi connectivity index (χ0n) is 9.05. The Hall–Kier alpha value is -0.0400. The van der Waals surface area contributed by atoms with E-state index in [0.29, 0.717) is 0 Å². The van der Waals surface area contributed by atoms with E-state index < -0.39 is 0 Å². The molecule has 2 aliphatic rings. The van der Waals surface area contributed by atoms with E-state index in [1.54, 1.807) is 0 Å². The molecule has 2 rings (SSSR count). The van der Waals surface area contributed by atoms with Crippen LogP contribution in [0.1, 0.15) is 45.4 Å². The SMILES string of the molecule is CNC(CC1CC1)C1CCCC1C. The van der Waals surface area contributed by atoms with E-state index in [1.165, 1.54) is 38.5 Å². The molecular weight excluding hydrogens is 158 g/mol. The minimum Gasteiger partial charge on any atom is -0.317 e. The molecule has 2 saturated carbocycles. The van der Waals surface area contributed by atoms with Crippen molar-refractivity contribution in [3.05, 3.63) is 0 Å². The predicted molar refractivity (Wildman–Crippen MR) is 56.7 cm³/mol. The van der Waals surface area contributed by atoms with Crippen molar-refractivity contribution in [3.8, 4) is 0 Å². The van der Waals surface area contributed by atoms with Crippen LogP contribution in [0, 0.1) is 17.8 Å². The third-order valence-electron chi connectivity index (χ3n) is 4.10. The third kappa shape index (κ3) is 2.25. The Kier molecular flexibility index (Phi) is 2.92.